The van der Waals surface area contributed by atoms with Crippen LogP contribution in [0.15, 0.2) is 60.1 Å². The van der Waals surface area contributed by atoms with Gasteiger partial charge in [-0.05, 0) is 23.9 Å². The Morgan fingerprint density at radius 1 is 1.22 bits per heavy atom. The highest BCUT2D eigenvalue weighted by molar-refractivity contribution is 6.06. The summed E-state index contributed by atoms with van der Waals surface area (Å²) in [5.41, 5.74) is 1.27. The van der Waals surface area contributed by atoms with Gasteiger partial charge in [-0.15, -0.1) is 0 Å². The number of nitrogens with zero attached hydrogens (tertiary/aromatic N) is 4. The van der Waals surface area contributed by atoms with Crippen molar-refractivity contribution in [1.29, 1.82) is 0 Å². The summed E-state index contributed by atoms with van der Waals surface area (Å²) >= 11 is 0. The van der Waals surface area contributed by atoms with Crippen molar-refractivity contribution in [3.05, 3.63) is 60.7 Å². The number of benzene rings is 1. The number of carbonyl (C=O) groups excluding carboxylic acids is 1. The summed E-state index contributed by atoms with van der Waals surface area (Å²) < 4.78 is 1.84. The van der Waals surface area contributed by atoms with Crippen LogP contribution in [-0.2, 0) is 11.4 Å². The van der Waals surface area contributed by atoms with Gasteiger partial charge in [-0.3, -0.25) is 14.5 Å². The minimum Gasteiger partial charge on any atom is -0.390 e. The number of amides is 1. The molecule has 1 aliphatic rings. The topological polar surface area (TPSA) is 81.4 Å². The quantitative estimate of drug-likeness (QED) is 0.730. The molecule has 2 aromatic heterocycles. The van der Waals surface area contributed by atoms with Gasteiger partial charge >= 0.3 is 0 Å². The average Bonchev–Trinajstić information content (AvgIpc) is 3.35. The molecule has 0 saturated carbocycles. The van der Waals surface area contributed by atoms with Crippen LogP contribution >= 0.6 is 0 Å². The van der Waals surface area contributed by atoms with Gasteiger partial charge in [-0.1, -0.05) is 36.3 Å². The van der Waals surface area contributed by atoms with Crippen LogP contribution in [0.4, 0.5) is 0 Å². The second kappa shape index (κ2) is 7.57. The van der Waals surface area contributed by atoms with Crippen molar-refractivity contribution in [3.63, 3.8) is 0 Å². The lowest BCUT2D eigenvalue weighted by atomic mass is 9.94. The number of aromatic nitrogens is 3. The van der Waals surface area contributed by atoms with Gasteiger partial charge in [0.1, 0.15) is 5.69 Å². The molecule has 2 atom stereocenters. The summed E-state index contributed by atoms with van der Waals surface area (Å²) in [5, 5.41) is 13.2. The monoisotopic (exact) mass is 363 g/mol. The second-order valence-corrected chi connectivity index (χ2v) is 6.53. The normalized spacial score (nSPS) is 18.9. The van der Waals surface area contributed by atoms with E-state index in [1.807, 2.05) is 47.3 Å². The van der Waals surface area contributed by atoms with E-state index in [2.05, 4.69) is 27.5 Å². The molecule has 1 N–H and O–H groups in total. The Balaban J connectivity index is 1.42. The van der Waals surface area contributed by atoms with E-state index in [4.69, 9.17) is 4.84 Å². The maximum absolute atomic E-state index is 12.7. The van der Waals surface area contributed by atoms with Gasteiger partial charge in [-0.25, -0.2) is 0 Å². The van der Waals surface area contributed by atoms with Crippen molar-refractivity contribution in [2.24, 2.45) is 11.1 Å². The van der Waals surface area contributed by atoms with Crippen LogP contribution in [0.3, 0.4) is 0 Å². The zero-order valence-electron chi connectivity index (χ0n) is 15.1. The number of carbonyl (C=O) groups is 1. The second-order valence-electron chi connectivity index (χ2n) is 6.53. The molecular formula is C20H21N5O2. The van der Waals surface area contributed by atoms with E-state index < -0.39 is 0 Å². The standard InChI is InChI=1S/C20H21N5O2/c1-2-15-17(24-27-18(15)13-25-11-5-9-23-25)12-22-20(26)19-16-7-4-3-6-14(16)8-10-21-19/h3-11,15,18H,2,12-13H2,1H3,(H,22,26). The highest BCUT2D eigenvalue weighted by Gasteiger charge is 2.33. The van der Waals surface area contributed by atoms with Crippen LogP contribution in [0, 0.1) is 5.92 Å². The maximum atomic E-state index is 12.7. The van der Waals surface area contributed by atoms with Crippen molar-refractivity contribution in [3.8, 4) is 0 Å². The van der Waals surface area contributed by atoms with Crippen LogP contribution in [0.1, 0.15) is 23.8 Å². The third kappa shape index (κ3) is 3.53. The van der Waals surface area contributed by atoms with Crippen molar-refractivity contribution >= 4 is 22.4 Å². The van der Waals surface area contributed by atoms with Crippen molar-refractivity contribution in [1.82, 2.24) is 20.1 Å². The van der Waals surface area contributed by atoms with Crippen molar-refractivity contribution in [2.45, 2.75) is 26.0 Å². The molecule has 0 spiro atoms. The van der Waals surface area contributed by atoms with Gasteiger partial charge in [0.2, 0.25) is 0 Å². The summed E-state index contributed by atoms with van der Waals surface area (Å²) in [5.74, 6) is -0.0603. The molecule has 0 fully saturated rings. The first kappa shape index (κ1) is 17.2. The van der Waals surface area contributed by atoms with Gasteiger partial charge in [0.05, 0.1) is 18.8 Å². The summed E-state index contributed by atoms with van der Waals surface area (Å²) in [7, 11) is 0. The number of fused-ring (bicyclic) bond motifs is 1. The molecule has 0 aliphatic carbocycles. The molecule has 1 amide bonds. The van der Waals surface area contributed by atoms with E-state index in [-0.39, 0.29) is 17.9 Å². The minimum absolute atomic E-state index is 0.0718. The third-order valence-electron chi connectivity index (χ3n) is 4.87. The Bertz CT molecular complexity index is 962. The molecule has 1 aromatic carbocycles. The molecule has 3 aromatic rings. The zero-order chi connectivity index (χ0) is 18.6. The number of pyridine rings is 1. The van der Waals surface area contributed by atoms with Gasteiger partial charge in [0.25, 0.3) is 5.91 Å². The van der Waals surface area contributed by atoms with Gasteiger partial charge in [0, 0.05) is 29.9 Å². The molecule has 7 heteroatoms. The molecule has 0 radical (unpaired) electrons. The summed E-state index contributed by atoms with van der Waals surface area (Å²) in [4.78, 5) is 22.5. The molecule has 2 unspecified atom stereocenters. The maximum Gasteiger partial charge on any atom is 0.270 e. The fourth-order valence-corrected chi connectivity index (χ4v) is 3.46. The zero-order valence-corrected chi connectivity index (χ0v) is 15.1. The lowest BCUT2D eigenvalue weighted by molar-refractivity contribution is 0.0455. The highest BCUT2D eigenvalue weighted by Crippen LogP contribution is 2.23. The van der Waals surface area contributed by atoms with Crippen LogP contribution in [-0.4, -0.2) is 39.0 Å². The SMILES string of the molecule is CCC1C(CNC(=O)c2nccc3ccccc23)=NOC1Cn1cccn1. The largest absolute Gasteiger partial charge is 0.390 e. The summed E-state index contributed by atoms with van der Waals surface area (Å²) in [6.07, 6.45) is 6.12. The molecule has 0 saturated heterocycles. The average molecular weight is 363 g/mol. The van der Waals surface area contributed by atoms with E-state index in [1.54, 1.807) is 12.4 Å². The van der Waals surface area contributed by atoms with Crippen LogP contribution in [0.5, 0.6) is 0 Å². The first-order valence-electron chi connectivity index (χ1n) is 9.08. The van der Waals surface area contributed by atoms with Crippen LogP contribution in [0.25, 0.3) is 10.8 Å². The molecular weight excluding hydrogens is 342 g/mol. The molecule has 7 nitrogen and oxygen atoms in total. The molecule has 138 valence electrons. The lowest BCUT2D eigenvalue weighted by Gasteiger charge is -2.17. The Morgan fingerprint density at radius 3 is 2.93 bits per heavy atom. The van der Waals surface area contributed by atoms with Crippen molar-refractivity contribution in [2.75, 3.05) is 6.54 Å². The van der Waals surface area contributed by atoms with E-state index >= 15 is 0 Å². The Labute approximate surface area is 157 Å². The van der Waals surface area contributed by atoms with Gasteiger partial charge in [0.15, 0.2) is 6.10 Å². The highest BCUT2D eigenvalue weighted by atomic mass is 16.6. The lowest BCUT2D eigenvalue weighted by Crippen LogP contribution is -2.35. The Kier molecular flexibility index (Phi) is 4.82. The Hall–Kier alpha value is -3.22. The number of nitrogens with one attached hydrogen (secondary N) is 1. The molecule has 3 heterocycles. The third-order valence-corrected chi connectivity index (χ3v) is 4.87. The number of rotatable bonds is 6. The molecule has 0 bridgehead atoms. The van der Waals surface area contributed by atoms with E-state index in [9.17, 15) is 4.79 Å². The van der Waals surface area contributed by atoms with Gasteiger partial charge < -0.3 is 10.2 Å². The minimum atomic E-state index is -0.208. The summed E-state index contributed by atoms with van der Waals surface area (Å²) in [6.45, 7) is 3.08. The molecule has 1 aliphatic heterocycles. The van der Waals surface area contributed by atoms with E-state index in [0.717, 1.165) is 22.9 Å². The van der Waals surface area contributed by atoms with Gasteiger partial charge in [-0.2, -0.15) is 5.10 Å². The summed E-state index contributed by atoms with van der Waals surface area (Å²) in [6, 6.07) is 11.5. The van der Waals surface area contributed by atoms with Crippen LogP contribution < -0.4 is 5.32 Å². The fourth-order valence-electron chi connectivity index (χ4n) is 3.46. The van der Waals surface area contributed by atoms with Crippen molar-refractivity contribution < 1.29 is 9.63 Å². The first-order chi connectivity index (χ1) is 13.3. The Morgan fingerprint density at radius 2 is 2.11 bits per heavy atom. The van der Waals surface area contributed by atoms with E-state index in [0.29, 0.717) is 18.8 Å². The number of oxime groups is 1. The van der Waals surface area contributed by atoms with Crippen LogP contribution in [0.2, 0.25) is 0 Å². The predicted octanol–water partition coefficient (Wildman–Crippen LogP) is 2.64. The molecule has 4 rings (SSSR count). The predicted molar refractivity (Wildman–Crippen MR) is 102 cm³/mol. The number of hydrogen-bond acceptors (Lipinski definition) is 5. The van der Waals surface area contributed by atoms with E-state index in [1.165, 1.54) is 0 Å². The number of hydrogen-bond donors (Lipinski definition) is 1. The fraction of sp³-hybridized carbons (Fsp3) is 0.300. The molecule has 27 heavy (non-hydrogen) atoms. The first-order valence-corrected chi connectivity index (χ1v) is 9.08. The smallest absolute Gasteiger partial charge is 0.270 e.